The first-order valence-corrected chi connectivity index (χ1v) is 10.7. The summed E-state index contributed by atoms with van der Waals surface area (Å²) in [5, 5.41) is 4.44. The third-order valence-electron chi connectivity index (χ3n) is 4.04. The highest BCUT2D eigenvalue weighted by Crippen LogP contribution is 2.36. The average Bonchev–Trinajstić information content (AvgIpc) is 2.63. The highest BCUT2D eigenvalue weighted by molar-refractivity contribution is 9.10. The highest BCUT2D eigenvalue weighted by Gasteiger charge is 2.36. The Morgan fingerprint density at radius 2 is 1.95 bits per heavy atom. The van der Waals surface area contributed by atoms with Gasteiger partial charge in [0.25, 0.3) is 0 Å². The molecule has 0 N–H and O–H groups in total. The second-order valence-corrected chi connectivity index (χ2v) is 12.3. The lowest BCUT2D eigenvalue weighted by atomic mass is 10.2. The maximum Gasteiger partial charge on any atom is 0.192 e. The summed E-state index contributed by atoms with van der Waals surface area (Å²) >= 11 is 3.50. The van der Waals surface area contributed by atoms with Crippen molar-refractivity contribution in [1.82, 2.24) is 9.78 Å². The second kappa shape index (κ2) is 6.73. The van der Waals surface area contributed by atoms with Crippen molar-refractivity contribution in [1.29, 1.82) is 0 Å². The minimum absolute atomic E-state index is 0.000101. The first-order valence-electron chi connectivity index (χ1n) is 6.99. The minimum Gasteiger partial charge on any atom is -0.414 e. The van der Waals surface area contributed by atoms with Crippen LogP contribution in [0.3, 0.4) is 0 Å². The van der Waals surface area contributed by atoms with Gasteiger partial charge < -0.3 is 9.16 Å². The minimum atomic E-state index is -1.67. The molecule has 0 aliphatic heterocycles. The van der Waals surface area contributed by atoms with Crippen molar-refractivity contribution in [3.63, 3.8) is 0 Å². The van der Waals surface area contributed by atoms with Gasteiger partial charge in [-0.15, -0.1) is 0 Å². The van der Waals surface area contributed by atoms with Gasteiger partial charge in [0, 0.05) is 7.05 Å². The van der Waals surface area contributed by atoms with Gasteiger partial charge >= 0.3 is 0 Å². The van der Waals surface area contributed by atoms with Gasteiger partial charge in [-0.3, -0.25) is 4.68 Å². The molecule has 20 heavy (non-hydrogen) atoms. The van der Waals surface area contributed by atoms with E-state index >= 15 is 0 Å². The van der Waals surface area contributed by atoms with Gasteiger partial charge in [0.15, 0.2) is 8.32 Å². The van der Waals surface area contributed by atoms with Crippen LogP contribution < -0.4 is 0 Å². The molecule has 0 aromatic carbocycles. The van der Waals surface area contributed by atoms with Gasteiger partial charge in [0.2, 0.25) is 0 Å². The van der Waals surface area contributed by atoms with E-state index in [1.54, 1.807) is 6.20 Å². The molecule has 116 valence electrons. The molecular formula is C14H27BrN2O2Si. The largest absolute Gasteiger partial charge is 0.414 e. The number of nitrogens with zero attached hydrogens (tertiary/aromatic N) is 2. The molecule has 0 radical (unpaired) electrons. The van der Waals surface area contributed by atoms with Crippen LogP contribution in [0.1, 0.15) is 39.5 Å². The summed E-state index contributed by atoms with van der Waals surface area (Å²) in [5.41, 5.74) is 1.05. The first-order chi connectivity index (χ1) is 9.06. The maximum atomic E-state index is 6.10. The summed E-state index contributed by atoms with van der Waals surface area (Å²) in [6.45, 7) is 14.5. The van der Waals surface area contributed by atoms with E-state index in [0.717, 1.165) is 10.2 Å². The number of hydrogen-bond donors (Lipinski definition) is 0. The van der Waals surface area contributed by atoms with Crippen LogP contribution >= 0.6 is 15.9 Å². The van der Waals surface area contributed by atoms with Gasteiger partial charge in [0.05, 0.1) is 35.7 Å². The first kappa shape index (κ1) is 17.9. The number of aryl methyl sites for hydroxylation is 1. The quantitative estimate of drug-likeness (QED) is 0.559. The molecule has 1 unspecified atom stereocenters. The molecule has 1 rings (SSSR count). The van der Waals surface area contributed by atoms with Crippen molar-refractivity contribution in [3.05, 3.63) is 16.4 Å². The van der Waals surface area contributed by atoms with Crippen LogP contribution in [0.25, 0.3) is 0 Å². The van der Waals surface area contributed by atoms with Crippen molar-refractivity contribution >= 4 is 24.2 Å². The van der Waals surface area contributed by atoms with Gasteiger partial charge in [0.1, 0.15) is 0 Å². The topological polar surface area (TPSA) is 36.3 Å². The van der Waals surface area contributed by atoms with E-state index in [9.17, 15) is 0 Å². The lowest BCUT2D eigenvalue weighted by Gasteiger charge is -2.36. The zero-order chi connectivity index (χ0) is 15.6. The molecule has 0 aliphatic rings. The molecule has 1 atom stereocenters. The zero-order valence-corrected chi connectivity index (χ0v) is 16.2. The lowest BCUT2D eigenvalue weighted by molar-refractivity contribution is 0.0363. The van der Waals surface area contributed by atoms with Crippen LogP contribution in [0, 0.1) is 0 Å². The third-order valence-corrected chi connectivity index (χ3v) is 9.19. The van der Waals surface area contributed by atoms with Crippen molar-refractivity contribution in [3.8, 4) is 0 Å². The van der Waals surface area contributed by atoms with E-state index in [4.69, 9.17) is 9.16 Å². The van der Waals surface area contributed by atoms with Crippen molar-refractivity contribution in [2.75, 3.05) is 13.2 Å². The highest BCUT2D eigenvalue weighted by atomic mass is 79.9. The van der Waals surface area contributed by atoms with Crippen LogP contribution in [0.15, 0.2) is 10.7 Å². The van der Waals surface area contributed by atoms with E-state index in [-0.39, 0.29) is 11.1 Å². The van der Waals surface area contributed by atoms with Crippen molar-refractivity contribution < 1.29 is 9.16 Å². The number of halogens is 1. The van der Waals surface area contributed by atoms with Crippen LogP contribution in [0.2, 0.25) is 18.1 Å². The Hall–Kier alpha value is -0.173. The molecule has 4 nitrogen and oxygen atoms in total. The molecule has 6 heteroatoms. The Labute approximate surface area is 132 Å². The zero-order valence-electron chi connectivity index (χ0n) is 13.7. The molecule has 0 aliphatic carbocycles. The molecule has 0 spiro atoms. The normalized spacial score (nSPS) is 14.6. The second-order valence-electron chi connectivity index (χ2n) is 6.62. The van der Waals surface area contributed by atoms with Crippen LogP contribution in [-0.4, -0.2) is 31.3 Å². The average molecular weight is 363 g/mol. The lowest BCUT2D eigenvalue weighted by Crippen LogP contribution is -2.41. The number of ether oxygens (including phenoxy) is 1. The monoisotopic (exact) mass is 362 g/mol. The molecule has 1 aromatic heterocycles. The van der Waals surface area contributed by atoms with E-state index in [0.29, 0.717) is 13.2 Å². The summed E-state index contributed by atoms with van der Waals surface area (Å²) in [4.78, 5) is 0. The molecular weight excluding hydrogens is 336 g/mol. The summed E-state index contributed by atoms with van der Waals surface area (Å²) in [5.74, 6) is 0. The molecule has 0 saturated heterocycles. The molecule has 0 amide bonds. The predicted molar refractivity (Wildman–Crippen MR) is 88.4 cm³/mol. The summed E-state index contributed by atoms with van der Waals surface area (Å²) in [7, 11) is 0.251. The predicted octanol–water partition coefficient (Wildman–Crippen LogP) is 4.28. The van der Waals surface area contributed by atoms with Crippen LogP contribution in [0.5, 0.6) is 0 Å². The number of rotatable bonds is 6. The Kier molecular flexibility index (Phi) is 6.01. The van der Waals surface area contributed by atoms with E-state index in [2.05, 4.69) is 54.9 Å². The fourth-order valence-electron chi connectivity index (χ4n) is 1.69. The Morgan fingerprint density at radius 1 is 1.35 bits per heavy atom. The van der Waals surface area contributed by atoms with Crippen LogP contribution in [0.4, 0.5) is 0 Å². The van der Waals surface area contributed by atoms with Crippen LogP contribution in [-0.2, 0) is 16.2 Å². The smallest absolute Gasteiger partial charge is 0.192 e. The third kappa shape index (κ3) is 4.41. The van der Waals surface area contributed by atoms with Crippen molar-refractivity contribution in [2.45, 2.75) is 51.9 Å². The summed E-state index contributed by atoms with van der Waals surface area (Å²) in [6, 6.07) is 0. The number of aromatic nitrogens is 2. The maximum absolute atomic E-state index is 6.10. The SMILES string of the molecule is CC(OCCO[Si](C)(C)C(C)(C)C)c1c(Br)cnn1C. The van der Waals surface area contributed by atoms with Gasteiger partial charge in [-0.25, -0.2) is 0 Å². The standard InChI is InChI=1S/C14H27BrN2O2Si/c1-11(13-12(15)10-16-17(13)5)18-8-9-19-20(6,7)14(2,3)4/h10-11H,8-9H2,1-7H3. The molecule has 0 fully saturated rings. The summed E-state index contributed by atoms with van der Waals surface area (Å²) in [6.07, 6.45) is 1.79. The fourth-order valence-corrected chi connectivity index (χ4v) is 3.39. The molecule has 0 bridgehead atoms. The van der Waals surface area contributed by atoms with Gasteiger partial charge in [-0.05, 0) is 41.0 Å². The summed E-state index contributed by atoms with van der Waals surface area (Å²) < 4.78 is 14.8. The van der Waals surface area contributed by atoms with E-state index in [1.807, 2.05) is 18.7 Å². The van der Waals surface area contributed by atoms with E-state index < -0.39 is 8.32 Å². The molecule has 1 heterocycles. The number of hydrogen-bond acceptors (Lipinski definition) is 3. The Morgan fingerprint density at radius 3 is 2.40 bits per heavy atom. The molecule has 1 aromatic rings. The molecule has 0 saturated carbocycles. The van der Waals surface area contributed by atoms with Gasteiger partial charge in [-0.2, -0.15) is 5.10 Å². The fraction of sp³-hybridized carbons (Fsp3) is 0.786. The Bertz CT molecular complexity index is 421. The Balaban J connectivity index is 2.43. The van der Waals surface area contributed by atoms with Crippen molar-refractivity contribution in [2.24, 2.45) is 7.05 Å². The van der Waals surface area contributed by atoms with E-state index in [1.165, 1.54) is 0 Å². The van der Waals surface area contributed by atoms with Gasteiger partial charge in [-0.1, -0.05) is 20.8 Å².